The van der Waals surface area contributed by atoms with Gasteiger partial charge in [0.05, 0.1) is 17.7 Å². The molecule has 1 aromatic rings. The molecule has 1 saturated heterocycles. The quantitative estimate of drug-likeness (QED) is 0.466. The number of benzene rings is 1. The van der Waals surface area contributed by atoms with Crippen molar-refractivity contribution in [2.24, 2.45) is 16.0 Å². The molecule has 0 spiro atoms. The van der Waals surface area contributed by atoms with Crippen LogP contribution >= 0.6 is 11.8 Å². The van der Waals surface area contributed by atoms with E-state index in [-0.39, 0.29) is 16.7 Å². The third kappa shape index (κ3) is 4.55. The number of methoxy groups -OCH3 is 1. The lowest BCUT2D eigenvalue weighted by Gasteiger charge is -2.09. The Morgan fingerprint density at radius 1 is 1.38 bits per heavy atom. The van der Waals surface area contributed by atoms with Gasteiger partial charge in [-0.1, -0.05) is 32.0 Å². The summed E-state index contributed by atoms with van der Waals surface area (Å²) >= 11 is 1.10. The predicted octanol–water partition coefficient (Wildman–Crippen LogP) is 3.34. The molecule has 1 unspecified atom stereocenters. The fourth-order valence-corrected chi connectivity index (χ4v) is 2.60. The second kappa shape index (κ2) is 8.44. The SMILES string of the molecule is CCC(C)/C=N/N1C(=O)/C(=C/C(=O)OC)SC1=Nc1ccccc1. The maximum Gasteiger partial charge on any atom is 0.331 e. The molecule has 1 aliphatic heterocycles. The molecule has 1 aliphatic rings. The Bertz CT molecular complexity index is 698. The average Bonchev–Trinajstić information content (AvgIpc) is 2.88. The summed E-state index contributed by atoms with van der Waals surface area (Å²) in [7, 11) is 1.27. The van der Waals surface area contributed by atoms with Crippen LogP contribution in [0, 0.1) is 5.92 Å². The molecule has 6 nitrogen and oxygen atoms in total. The molecular formula is C17H19N3O3S. The smallest absolute Gasteiger partial charge is 0.331 e. The van der Waals surface area contributed by atoms with E-state index >= 15 is 0 Å². The minimum atomic E-state index is -0.585. The first-order valence-electron chi connectivity index (χ1n) is 7.55. The number of hydrogen-bond acceptors (Lipinski definition) is 6. The normalized spacial score (nSPS) is 19.5. The van der Waals surface area contributed by atoms with Gasteiger partial charge in [0.25, 0.3) is 5.91 Å². The molecule has 24 heavy (non-hydrogen) atoms. The van der Waals surface area contributed by atoms with Crippen LogP contribution in [-0.4, -0.2) is 35.4 Å². The first-order chi connectivity index (χ1) is 11.5. The molecule has 1 amide bonds. The van der Waals surface area contributed by atoms with E-state index in [4.69, 9.17) is 0 Å². The van der Waals surface area contributed by atoms with Crippen LogP contribution in [-0.2, 0) is 14.3 Å². The highest BCUT2D eigenvalue weighted by Crippen LogP contribution is 2.33. The van der Waals surface area contributed by atoms with Crippen LogP contribution in [0.1, 0.15) is 20.3 Å². The minimum absolute atomic E-state index is 0.231. The summed E-state index contributed by atoms with van der Waals surface area (Å²) in [5.41, 5.74) is 0.704. The zero-order valence-electron chi connectivity index (χ0n) is 13.8. The van der Waals surface area contributed by atoms with Crippen molar-refractivity contribution in [2.45, 2.75) is 20.3 Å². The van der Waals surface area contributed by atoms with Crippen molar-refractivity contribution in [1.82, 2.24) is 5.01 Å². The molecule has 0 aliphatic carbocycles. The van der Waals surface area contributed by atoms with Gasteiger partial charge in [0.1, 0.15) is 0 Å². The first-order valence-corrected chi connectivity index (χ1v) is 8.36. The monoisotopic (exact) mass is 345 g/mol. The van der Waals surface area contributed by atoms with E-state index in [0.717, 1.165) is 24.3 Å². The summed E-state index contributed by atoms with van der Waals surface area (Å²) in [6.45, 7) is 4.05. The molecule has 0 aromatic heterocycles. The van der Waals surface area contributed by atoms with E-state index in [1.54, 1.807) is 6.21 Å². The van der Waals surface area contributed by atoms with E-state index in [2.05, 4.69) is 14.8 Å². The van der Waals surface area contributed by atoms with Crippen molar-refractivity contribution in [2.75, 3.05) is 7.11 Å². The number of carbonyl (C=O) groups excluding carboxylic acids is 2. The van der Waals surface area contributed by atoms with Gasteiger partial charge in [-0.3, -0.25) is 4.79 Å². The van der Waals surface area contributed by atoms with Crippen LogP contribution in [0.15, 0.2) is 51.4 Å². The number of thioether (sulfide) groups is 1. The molecule has 0 radical (unpaired) electrons. The summed E-state index contributed by atoms with van der Waals surface area (Å²) in [6.07, 6.45) is 3.78. The van der Waals surface area contributed by atoms with E-state index in [1.165, 1.54) is 12.1 Å². The van der Waals surface area contributed by atoms with Gasteiger partial charge in [0, 0.05) is 12.3 Å². The highest BCUT2D eigenvalue weighted by atomic mass is 32.2. The van der Waals surface area contributed by atoms with Gasteiger partial charge in [-0.2, -0.15) is 10.1 Å². The van der Waals surface area contributed by atoms with E-state index in [1.807, 2.05) is 44.2 Å². The summed E-state index contributed by atoms with van der Waals surface area (Å²) in [5.74, 6) is -0.744. The van der Waals surface area contributed by atoms with E-state index in [0.29, 0.717) is 10.9 Å². The molecule has 126 valence electrons. The number of rotatable bonds is 5. The summed E-state index contributed by atoms with van der Waals surface area (Å²) in [4.78, 5) is 28.6. The number of hydrazone groups is 1. The second-order valence-electron chi connectivity index (χ2n) is 5.13. The van der Waals surface area contributed by atoms with Crippen LogP contribution in [0.5, 0.6) is 0 Å². The molecule has 0 bridgehead atoms. The van der Waals surface area contributed by atoms with E-state index < -0.39 is 5.97 Å². The van der Waals surface area contributed by atoms with Gasteiger partial charge in [-0.05, 0) is 36.2 Å². The third-order valence-electron chi connectivity index (χ3n) is 3.30. The highest BCUT2D eigenvalue weighted by Gasteiger charge is 2.34. The van der Waals surface area contributed by atoms with Gasteiger partial charge in [0.2, 0.25) is 0 Å². The fraction of sp³-hybridized carbons (Fsp3) is 0.294. The van der Waals surface area contributed by atoms with Crippen molar-refractivity contribution in [1.29, 1.82) is 0 Å². The lowest BCUT2D eigenvalue weighted by molar-refractivity contribution is -0.135. The first kappa shape index (κ1) is 17.9. The minimum Gasteiger partial charge on any atom is -0.466 e. The number of carbonyl (C=O) groups is 2. The Kier molecular flexibility index (Phi) is 6.31. The second-order valence-corrected chi connectivity index (χ2v) is 6.14. The van der Waals surface area contributed by atoms with Crippen LogP contribution in [0.2, 0.25) is 0 Å². The summed E-state index contributed by atoms with van der Waals surface area (Å²) in [6, 6.07) is 9.27. The number of esters is 1. The van der Waals surface area contributed by atoms with Crippen LogP contribution in [0.3, 0.4) is 0 Å². The third-order valence-corrected chi connectivity index (χ3v) is 4.26. The molecular weight excluding hydrogens is 326 g/mol. The topological polar surface area (TPSA) is 71.3 Å². The molecule has 0 N–H and O–H groups in total. The van der Waals surface area contributed by atoms with E-state index in [9.17, 15) is 9.59 Å². The molecule has 1 atom stereocenters. The molecule has 1 fully saturated rings. The standard InChI is InChI=1S/C17H19N3O3S/c1-4-12(2)11-18-20-16(22)14(10-15(21)23-3)24-17(20)19-13-8-6-5-7-9-13/h5-12H,4H2,1-3H3/b14-10-,18-11+,19-17?. The molecule has 0 saturated carbocycles. The predicted molar refractivity (Wildman–Crippen MR) is 96.0 cm³/mol. The van der Waals surface area contributed by atoms with Crippen molar-refractivity contribution < 1.29 is 14.3 Å². The number of nitrogens with zero attached hydrogens (tertiary/aromatic N) is 3. The Hall–Kier alpha value is -2.41. The molecule has 1 aromatic carbocycles. The van der Waals surface area contributed by atoms with Gasteiger partial charge in [0.15, 0.2) is 5.17 Å². The maximum atomic E-state index is 12.5. The number of para-hydroxylation sites is 1. The fourth-order valence-electron chi connectivity index (χ4n) is 1.70. The van der Waals surface area contributed by atoms with Crippen molar-refractivity contribution in [3.05, 3.63) is 41.3 Å². The molecule has 1 heterocycles. The van der Waals surface area contributed by atoms with Crippen molar-refractivity contribution in [3.63, 3.8) is 0 Å². The van der Waals surface area contributed by atoms with Gasteiger partial charge < -0.3 is 4.74 Å². The Labute approximate surface area is 145 Å². The number of amidine groups is 1. The van der Waals surface area contributed by atoms with Crippen LogP contribution in [0.4, 0.5) is 5.69 Å². The highest BCUT2D eigenvalue weighted by molar-refractivity contribution is 8.18. The number of amides is 1. The Balaban J connectivity index is 2.36. The zero-order valence-corrected chi connectivity index (χ0v) is 14.6. The lowest BCUT2D eigenvalue weighted by Crippen LogP contribution is -2.24. The van der Waals surface area contributed by atoms with Crippen molar-refractivity contribution >= 4 is 40.7 Å². The van der Waals surface area contributed by atoms with Crippen LogP contribution < -0.4 is 0 Å². The maximum absolute atomic E-state index is 12.5. The number of hydrogen-bond donors (Lipinski definition) is 0. The summed E-state index contributed by atoms with van der Waals surface area (Å²) in [5, 5.41) is 5.87. The van der Waals surface area contributed by atoms with Gasteiger partial charge in [-0.15, -0.1) is 0 Å². The average molecular weight is 345 g/mol. The largest absolute Gasteiger partial charge is 0.466 e. The lowest BCUT2D eigenvalue weighted by atomic mass is 10.1. The zero-order chi connectivity index (χ0) is 17.5. The Morgan fingerprint density at radius 3 is 2.71 bits per heavy atom. The van der Waals surface area contributed by atoms with Crippen molar-refractivity contribution in [3.8, 4) is 0 Å². The van der Waals surface area contributed by atoms with Gasteiger partial charge >= 0.3 is 5.97 Å². The molecule has 2 rings (SSSR count). The number of ether oxygens (including phenoxy) is 1. The Morgan fingerprint density at radius 2 is 2.08 bits per heavy atom. The van der Waals surface area contributed by atoms with Gasteiger partial charge in [-0.25, -0.2) is 9.79 Å². The van der Waals surface area contributed by atoms with Crippen LogP contribution in [0.25, 0.3) is 0 Å². The summed E-state index contributed by atoms with van der Waals surface area (Å²) < 4.78 is 4.59. The molecule has 7 heteroatoms. The number of aliphatic imine (C=N–C) groups is 1.